The van der Waals surface area contributed by atoms with Gasteiger partial charge in [0.15, 0.2) is 0 Å². The van der Waals surface area contributed by atoms with Gasteiger partial charge >= 0.3 is 0 Å². The van der Waals surface area contributed by atoms with Gasteiger partial charge in [0.2, 0.25) is 0 Å². The first-order valence-electron chi connectivity index (χ1n) is 5.62. The molecule has 14 heavy (non-hydrogen) atoms. The summed E-state index contributed by atoms with van der Waals surface area (Å²) in [7, 11) is 0. The lowest BCUT2D eigenvalue weighted by Gasteiger charge is -2.29. The van der Waals surface area contributed by atoms with E-state index in [1.54, 1.807) is 5.56 Å². The molecule has 1 saturated carbocycles. The van der Waals surface area contributed by atoms with Crippen molar-refractivity contribution < 1.29 is 0 Å². The number of nitrogens with one attached hydrogen (secondary N) is 1. The molecule has 0 bridgehead atoms. The minimum atomic E-state index is 0.380. The van der Waals surface area contributed by atoms with E-state index >= 15 is 0 Å². The van der Waals surface area contributed by atoms with Crippen LogP contribution in [0.2, 0.25) is 0 Å². The number of hydrogen-bond acceptors (Lipinski definition) is 2. The van der Waals surface area contributed by atoms with Gasteiger partial charge in [-0.2, -0.15) is 0 Å². The monoisotopic (exact) mass is 207 g/mol. The summed E-state index contributed by atoms with van der Waals surface area (Å²) in [5.74, 6) is 0.930. The molecule has 0 spiro atoms. The second-order valence-corrected chi connectivity index (χ2v) is 5.84. The van der Waals surface area contributed by atoms with E-state index in [1.807, 2.05) is 11.3 Å². The third-order valence-electron chi connectivity index (χ3n) is 3.71. The minimum Gasteiger partial charge on any atom is -0.307 e. The van der Waals surface area contributed by atoms with E-state index in [-0.39, 0.29) is 0 Å². The average Bonchev–Trinajstić information content (AvgIpc) is 2.77. The molecular formula is C12H17NS. The Bertz CT molecular complexity index is 332. The summed E-state index contributed by atoms with van der Waals surface area (Å²) >= 11 is 1.89. The normalized spacial score (nSPS) is 32.4. The maximum atomic E-state index is 3.77. The maximum Gasteiger partial charge on any atom is 0.0472 e. The van der Waals surface area contributed by atoms with Crippen molar-refractivity contribution >= 4 is 11.3 Å². The zero-order chi connectivity index (χ0) is 9.60. The third kappa shape index (κ3) is 1.24. The summed E-state index contributed by atoms with van der Waals surface area (Å²) in [6.07, 6.45) is 5.57. The van der Waals surface area contributed by atoms with Crippen LogP contribution < -0.4 is 5.32 Å². The molecule has 0 amide bonds. The SMILES string of the molecule is Cc1cc(C2(C3CC3)CCCN2)cs1. The molecule has 2 heterocycles. The highest BCUT2D eigenvalue weighted by Gasteiger charge is 2.48. The molecule has 0 aromatic carbocycles. The summed E-state index contributed by atoms with van der Waals surface area (Å²) < 4.78 is 0. The van der Waals surface area contributed by atoms with Gasteiger partial charge in [0.05, 0.1) is 0 Å². The molecule has 1 atom stereocenters. The van der Waals surface area contributed by atoms with Crippen LogP contribution in [0.1, 0.15) is 36.1 Å². The standard InChI is InChI=1S/C12H17NS/c1-9-7-11(8-14-9)12(10-3-4-10)5-2-6-13-12/h7-8,10,13H,2-6H2,1H3. The molecule has 1 N–H and O–H groups in total. The third-order valence-corrected chi connectivity index (χ3v) is 4.57. The van der Waals surface area contributed by atoms with E-state index in [0.717, 1.165) is 5.92 Å². The fourth-order valence-electron chi connectivity index (χ4n) is 2.85. The summed E-state index contributed by atoms with van der Waals surface area (Å²) in [5.41, 5.74) is 1.95. The highest BCUT2D eigenvalue weighted by atomic mass is 32.1. The van der Waals surface area contributed by atoms with Gasteiger partial charge in [-0.05, 0) is 62.1 Å². The highest BCUT2D eigenvalue weighted by Crippen LogP contribution is 2.50. The van der Waals surface area contributed by atoms with Crippen molar-refractivity contribution in [3.63, 3.8) is 0 Å². The first-order valence-corrected chi connectivity index (χ1v) is 6.50. The van der Waals surface area contributed by atoms with Crippen LogP contribution in [0.15, 0.2) is 11.4 Å². The number of thiophene rings is 1. The molecule has 1 aliphatic heterocycles. The van der Waals surface area contributed by atoms with Crippen molar-refractivity contribution in [2.45, 2.75) is 38.1 Å². The zero-order valence-corrected chi connectivity index (χ0v) is 9.49. The molecule has 1 aliphatic carbocycles. The first kappa shape index (κ1) is 8.93. The topological polar surface area (TPSA) is 12.0 Å². The predicted molar refractivity (Wildman–Crippen MR) is 60.7 cm³/mol. The van der Waals surface area contributed by atoms with Crippen LogP contribution in [0.25, 0.3) is 0 Å². The fraction of sp³-hybridized carbons (Fsp3) is 0.667. The molecule has 1 aromatic heterocycles. The second kappa shape index (κ2) is 3.07. The van der Waals surface area contributed by atoms with E-state index in [9.17, 15) is 0 Å². The van der Waals surface area contributed by atoms with Gasteiger partial charge in [0, 0.05) is 10.4 Å². The lowest BCUT2D eigenvalue weighted by Crippen LogP contribution is -2.38. The maximum absolute atomic E-state index is 3.77. The second-order valence-electron chi connectivity index (χ2n) is 4.72. The van der Waals surface area contributed by atoms with Crippen LogP contribution in [0.3, 0.4) is 0 Å². The fourth-order valence-corrected chi connectivity index (χ4v) is 3.64. The van der Waals surface area contributed by atoms with E-state index in [0.29, 0.717) is 5.54 Å². The first-order chi connectivity index (χ1) is 6.81. The van der Waals surface area contributed by atoms with Crippen molar-refractivity contribution in [2.75, 3.05) is 6.54 Å². The van der Waals surface area contributed by atoms with Gasteiger partial charge in [0.25, 0.3) is 0 Å². The van der Waals surface area contributed by atoms with Gasteiger partial charge in [-0.25, -0.2) is 0 Å². The largest absolute Gasteiger partial charge is 0.307 e. The van der Waals surface area contributed by atoms with Crippen LogP contribution >= 0.6 is 11.3 Å². The summed E-state index contributed by atoms with van der Waals surface area (Å²) in [4.78, 5) is 1.45. The number of aryl methyl sites for hydroxylation is 1. The number of hydrogen-bond donors (Lipinski definition) is 1. The Hall–Kier alpha value is -0.340. The van der Waals surface area contributed by atoms with Crippen LogP contribution in [-0.2, 0) is 5.54 Å². The molecule has 76 valence electrons. The highest BCUT2D eigenvalue weighted by molar-refractivity contribution is 7.10. The molecule has 2 aliphatic rings. The zero-order valence-electron chi connectivity index (χ0n) is 8.68. The molecule has 1 unspecified atom stereocenters. The molecule has 2 fully saturated rings. The van der Waals surface area contributed by atoms with Gasteiger partial charge in [-0.1, -0.05) is 0 Å². The quantitative estimate of drug-likeness (QED) is 0.786. The van der Waals surface area contributed by atoms with Gasteiger partial charge in [-0.15, -0.1) is 11.3 Å². The Morgan fingerprint density at radius 2 is 2.36 bits per heavy atom. The van der Waals surface area contributed by atoms with Gasteiger partial charge in [-0.3, -0.25) is 0 Å². The van der Waals surface area contributed by atoms with Crippen LogP contribution in [0.5, 0.6) is 0 Å². The lowest BCUT2D eigenvalue weighted by molar-refractivity contribution is 0.337. The molecule has 1 aromatic rings. The van der Waals surface area contributed by atoms with Crippen molar-refractivity contribution in [3.05, 3.63) is 21.9 Å². The van der Waals surface area contributed by atoms with Crippen LogP contribution in [0, 0.1) is 12.8 Å². The molecule has 1 nitrogen and oxygen atoms in total. The Morgan fingerprint density at radius 3 is 2.86 bits per heavy atom. The lowest BCUT2D eigenvalue weighted by atomic mass is 9.85. The van der Waals surface area contributed by atoms with Crippen molar-refractivity contribution in [1.29, 1.82) is 0 Å². The van der Waals surface area contributed by atoms with Crippen molar-refractivity contribution in [3.8, 4) is 0 Å². The predicted octanol–water partition coefficient (Wildman–Crippen LogP) is 3.05. The van der Waals surface area contributed by atoms with Crippen molar-refractivity contribution in [2.24, 2.45) is 5.92 Å². The van der Waals surface area contributed by atoms with Crippen LogP contribution in [0.4, 0.5) is 0 Å². The Labute approximate surface area is 89.5 Å². The van der Waals surface area contributed by atoms with E-state index in [4.69, 9.17) is 0 Å². The Morgan fingerprint density at radius 1 is 1.50 bits per heavy atom. The van der Waals surface area contributed by atoms with Crippen LogP contribution in [-0.4, -0.2) is 6.54 Å². The van der Waals surface area contributed by atoms with Gasteiger partial charge < -0.3 is 5.32 Å². The minimum absolute atomic E-state index is 0.380. The summed E-state index contributed by atoms with van der Waals surface area (Å²) in [6, 6.07) is 2.39. The smallest absolute Gasteiger partial charge is 0.0472 e. The average molecular weight is 207 g/mol. The molecular weight excluding hydrogens is 190 g/mol. The van der Waals surface area contributed by atoms with E-state index < -0.39 is 0 Å². The van der Waals surface area contributed by atoms with E-state index in [2.05, 4.69) is 23.7 Å². The van der Waals surface area contributed by atoms with Crippen molar-refractivity contribution in [1.82, 2.24) is 5.32 Å². The molecule has 2 heteroatoms. The summed E-state index contributed by atoms with van der Waals surface area (Å²) in [6.45, 7) is 3.43. The molecule has 1 saturated heterocycles. The number of rotatable bonds is 2. The van der Waals surface area contributed by atoms with Gasteiger partial charge in [0.1, 0.15) is 0 Å². The van der Waals surface area contributed by atoms with E-state index in [1.165, 1.54) is 37.1 Å². The Kier molecular flexibility index (Phi) is 1.96. The summed E-state index contributed by atoms with van der Waals surface area (Å²) in [5, 5.41) is 6.14. The Balaban J connectivity index is 1.98. The molecule has 3 rings (SSSR count). The molecule has 0 radical (unpaired) electrons.